The predicted octanol–water partition coefficient (Wildman–Crippen LogP) is 1.74. The second-order valence-corrected chi connectivity index (χ2v) is 4.20. The van der Waals surface area contributed by atoms with Gasteiger partial charge in [0.1, 0.15) is 0 Å². The fraction of sp³-hybridized carbons (Fsp3) is 0.727. The maximum absolute atomic E-state index is 6.04. The molecule has 1 unspecified atom stereocenters. The smallest absolute Gasteiger partial charge is 0.0596 e. The minimum absolute atomic E-state index is 0.233. The fourth-order valence-corrected chi connectivity index (χ4v) is 1.51. The average molecular weight is 195 g/mol. The maximum Gasteiger partial charge on any atom is 0.0596 e. The number of aryl methyl sites for hydroxylation is 2. The van der Waals surface area contributed by atoms with Crippen LogP contribution in [0.4, 0.5) is 0 Å². The molecule has 1 heterocycles. The predicted molar refractivity (Wildman–Crippen MR) is 59.2 cm³/mol. The molecule has 0 radical (unpaired) electrons. The van der Waals surface area contributed by atoms with E-state index >= 15 is 0 Å². The number of nitrogens with two attached hydrogens (primary N) is 1. The van der Waals surface area contributed by atoms with Crippen LogP contribution in [0.25, 0.3) is 0 Å². The molecule has 0 aliphatic carbocycles. The van der Waals surface area contributed by atoms with Gasteiger partial charge in [0.2, 0.25) is 0 Å². The number of hydrogen-bond acceptors (Lipinski definition) is 2. The monoisotopic (exact) mass is 195 g/mol. The summed E-state index contributed by atoms with van der Waals surface area (Å²) in [6.45, 7) is 9.37. The number of nitrogens with zero attached hydrogens (tertiary/aromatic N) is 2. The van der Waals surface area contributed by atoms with Crippen molar-refractivity contribution in [3.05, 3.63) is 17.5 Å². The second-order valence-electron chi connectivity index (χ2n) is 4.20. The Morgan fingerprint density at radius 3 is 2.64 bits per heavy atom. The number of rotatable bonds is 4. The van der Waals surface area contributed by atoms with Crippen LogP contribution in [-0.2, 0) is 13.0 Å². The van der Waals surface area contributed by atoms with Crippen LogP contribution in [-0.4, -0.2) is 15.8 Å². The molecule has 0 aromatic carbocycles. The third kappa shape index (κ3) is 2.58. The van der Waals surface area contributed by atoms with Gasteiger partial charge in [-0.05, 0) is 25.8 Å². The third-order valence-corrected chi connectivity index (χ3v) is 2.59. The molecule has 1 atom stereocenters. The van der Waals surface area contributed by atoms with E-state index in [-0.39, 0.29) is 6.04 Å². The highest BCUT2D eigenvalue weighted by atomic mass is 15.3. The normalized spacial score (nSPS) is 13.6. The molecule has 1 aromatic heterocycles. The zero-order valence-corrected chi connectivity index (χ0v) is 9.62. The first-order chi connectivity index (χ1) is 6.54. The van der Waals surface area contributed by atoms with Gasteiger partial charge in [0, 0.05) is 24.7 Å². The molecule has 0 saturated carbocycles. The number of hydrogen-bond donors (Lipinski definition) is 1. The van der Waals surface area contributed by atoms with Crippen molar-refractivity contribution in [1.82, 2.24) is 9.78 Å². The van der Waals surface area contributed by atoms with Crippen molar-refractivity contribution in [3.63, 3.8) is 0 Å². The van der Waals surface area contributed by atoms with Gasteiger partial charge in [-0.3, -0.25) is 4.68 Å². The maximum atomic E-state index is 6.04. The van der Waals surface area contributed by atoms with Crippen molar-refractivity contribution >= 4 is 0 Å². The largest absolute Gasteiger partial charge is 0.327 e. The van der Waals surface area contributed by atoms with Gasteiger partial charge in [-0.1, -0.05) is 13.8 Å². The topological polar surface area (TPSA) is 43.8 Å². The Labute approximate surface area is 86.3 Å². The fourth-order valence-electron chi connectivity index (χ4n) is 1.51. The van der Waals surface area contributed by atoms with Crippen molar-refractivity contribution in [2.75, 3.05) is 0 Å². The highest BCUT2D eigenvalue weighted by Crippen LogP contribution is 2.10. The van der Waals surface area contributed by atoms with Gasteiger partial charge < -0.3 is 5.73 Å². The summed E-state index contributed by atoms with van der Waals surface area (Å²) in [4.78, 5) is 0. The molecule has 0 fully saturated rings. The molecule has 1 aromatic rings. The van der Waals surface area contributed by atoms with Crippen molar-refractivity contribution in [3.8, 4) is 0 Å². The molecule has 0 bridgehead atoms. The van der Waals surface area contributed by atoms with Crippen molar-refractivity contribution in [1.29, 1.82) is 0 Å². The van der Waals surface area contributed by atoms with Crippen LogP contribution in [0.2, 0.25) is 0 Å². The van der Waals surface area contributed by atoms with Gasteiger partial charge >= 0.3 is 0 Å². The molecule has 3 heteroatoms. The Kier molecular flexibility index (Phi) is 3.69. The molecule has 3 nitrogen and oxygen atoms in total. The van der Waals surface area contributed by atoms with Gasteiger partial charge in [0.25, 0.3) is 0 Å². The first kappa shape index (κ1) is 11.2. The molecule has 0 aliphatic rings. The summed E-state index contributed by atoms with van der Waals surface area (Å²) in [5.41, 5.74) is 8.38. The second kappa shape index (κ2) is 4.60. The molecule has 0 aliphatic heterocycles. The van der Waals surface area contributed by atoms with Gasteiger partial charge in [-0.2, -0.15) is 5.10 Å². The highest BCUT2D eigenvalue weighted by molar-refractivity contribution is 5.10. The van der Waals surface area contributed by atoms with Gasteiger partial charge in [0.15, 0.2) is 0 Å². The first-order valence-electron chi connectivity index (χ1n) is 5.33. The van der Waals surface area contributed by atoms with Crippen molar-refractivity contribution in [2.24, 2.45) is 11.7 Å². The van der Waals surface area contributed by atoms with Gasteiger partial charge in [0.05, 0.1) is 5.69 Å². The summed E-state index contributed by atoms with van der Waals surface area (Å²) < 4.78 is 2.04. The Morgan fingerprint density at radius 1 is 1.50 bits per heavy atom. The molecule has 80 valence electrons. The van der Waals surface area contributed by atoms with E-state index in [2.05, 4.69) is 31.9 Å². The van der Waals surface area contributed by atoms with E-state index in [0.717, 1.165) is 18.7 Å². The van der Waals surface area contributed by atoms with Crippen LogP contribution in [0.3, 0.4) is 0 Å². The molecular formula is C11H21N3. The highest BCUT2D eigenvalue weighted by Gasteiger charge is 2.12. The summed E-state index contributed by atoms with van der Waals surface area (Å²) in [7, 11) is 0. The minimum atomic E-state index is 0.233. The van der Waals surface area contributed by atoms with Crippen molar-refractivity contribution in [2.45, 2.75) is 46.7 Å². The summed E-state index contributed by atoms with van der Waals surface area (Å²) >= 11 is 0. The van der Waals surface area contributed by atoms with E-state index < -0.39 is 0 Å². The lowest BCUT2D eigenvalue weighted by Crippen LogP contribution is -2.29. The van der Waals surface area contributed by atoms with E-state index in [1.807, 2.05) is 11.6 Å². The standard InChI is InChI=1S/C11H21N3/c1-5-14-10(6-9(4)13-14)7-11(12)8(2)3/h6,8,11H,5,7,12H2,1-4H3. The average Bonchev–Trinajstić information content (AvgIpc) is 2.45. The Bertz CT molecular complexity index is 289. The zero-order chi connectivity index (χ0) is 10.7. The third-order valence-electron chi connectivity index (χ3n) is 2.59. The van der Waals surface area contributed by atoms with Gasteiger partial charge in [-0.15, -0.1) is 0 Å². The van der Waals surface area contributed by atoms with Crippen LogP contribution in [0.15, 0.2) is 6.07 Å². The number of aromatic nitrogens is 2. The Hall–Kier alpha value is -0.830. The molecule has 0 amide bonds. The van der Waals surface area contributed by atoms with Crippen LogP contribution in [0.5, 0.6) is 0 Å². The van der Waals surface area contributed by atoms with Crippen LogP contribution in [0, 0.1) is 12.8 Å². The van der Waals surface area contributed by atoms with E-state index in [4.69, 9.17) is 5.73 Å². The summed E-state index contributed by atoms with van der Waals surface area (Å²) in [5, 5.41) is 4.40. The quantitative estimate of drug-likeness (QED) is 0.795. The minimum Gasteiger partial charge on any atom is -0.327 e. The molecule has 2 N–H and O–H groups in total. The van der Waals surface area contributed by atoms with Crippen LogP contribution >= 0.6 is 0 Å². The molecule has 0 saturated heterocycles. The van der Waals surface area contributed by atoms with E-state index in [1.165, 1.54) is 5.69 Å². The summed E-state index contributed by atoms with van der Waals surface area (Å²) in [6, 6.07) is 2.36. The van der Waals surface area contributed by atoms with Crippen LogP contribution in [0.1, 0.15) is 32.2 Å². The Balaban J connectivity index is 2.74. The zero-order valence-electron chi connectivity index (χ0n) is 9.62. The molecule has 14 heavy (non-hydrogen) atoms. The lowest BCUT2D eigenvalue weighted by molar-refractivity contribution is 0.471. The van der Waals surface area contributed by atoms with E-state index in [0.29, 0.717) is 5.92 Å². The summed E-state index contributed by atoms with van der Waals surface area (Å²) in [6.07, 6.45) is 0.923. The van der Waals surface area contributed by atoms with Gasteiger partial charge in [-0.25, -0.2) is 0 Å². The lowest BCUT2D eigenvalue weighted by atomic mass is 10.0. The van der Waals surface area contributed by atoms with Crippen molar-refractivity contribution < 1.29 is 0 Å². The van der Waals surface area contributed by atoms with E-state index in [9.17, 15) is 0 Å². The first-order valence-corrected chi connectivity index (χ1v) is 5.33. The lowest BCUT2D eigenvalue weighted by Gasteiger charge is -2.15. The molecule has 1 rings (SSSR count). The molecule has 0 spiro atoms. The molecular weight excluding hydrogens is 174 g/mol. The van der Waals surface area contributed by atoms with E-state index in [1.54, 1.807) is 0 Å². The summed E-state index contributed by atoms with van der Waals surface area (Å²) in [5.74, 6) is 0.524. The van der Waals surface area contributed by atoms with Crippen LogP contribution < -0.4 is 5.73 Å². The SMILES string of the molecule is CCn1nc(C)cc1CC(N)C(C)C. The Morgan fingerprint density at radius 2 is 2.14 bits per heavy atom.